The number of nitrogens with one attached hydrogen (secondary N) is 1. The molecule has 1 aromatic carbocycles. The van der Waals surface area contributed by atoms with E-state index in [1.165, 1.54) is 4.90 Å². The summed E-state index contributed by atoms with van der Waals surface area (Å²) in [4.78, 5) is 52.4. The quantitative estimate of drug-likeness (QED) is 0.586. The van der Waals surface area contributed by atoms with Crippen LogP contribution in [0.15, 0.2) is 34.8 Å². The number of β-amino-alcohol motifs (C(OH)–C–C–N with tert-alkyl or cyclic N) is 1. The SMILES string of the molecule is [B][B]C(=O)N1CCCCC1C(=O)N1C[C@H](O)CC1C1=N[C@@](C)(c2ccc(-c3scnc3C)cc2)C(=O)N1. The monoisotopic (exact) mass is 516 g/mol. The van der Waals surface area contributed by atoms with E-state index < -0.39 is 23.7 Å². The Morgan fingerprint density at radius 3 is 2.68 bits per heavy atom. The number of aliphatic imine (C=N–C) groups is 1. The standard InChI is InChI=1S/C25H28B2N5O4S/c1-14-20(37-13-28-14)15-6-8-16(9-7-15)25(2)23(35)29-21(30-25)19-11-17(33)12-32(19)22(34)18-5-3-4-10-31(18)24(36)27-26/h6-9,13,17-19,33H,3-5,10-12H2,1-2H3,(H,29,30,35)/t17-,18?,19?,25+/m1/s1. The first-order valence-corrected chi connectivity index (χ1v) is 13.4. The van der Waals surface area contributed by atoms with Crippen molar-refractivity contribution in [3.05, 3.63) is 41.0 Å². The van der Waals surface area contributed by atoms with Crippen molar-refractivity contribution < 1.29 is 19.5 Å². The zero-order valence-electron chi connectivity index (χ0n) is 20.9. The van der Waals surface area contributed by atoms with Crippen molar-refractivity contribution in [3.63, 3.8) is 0 Å². The number of amidine groups is 1. The highest BCUT2D eigenvalue weighted by atomic mass is 32.1. The summed E-state index contributed by atoms with van der Waals surface area (Å²) in [6.07, 6.45) is 1.65. The number of rotatable bonds is 5. The third-order valence-electron chi connectivity index (χ3n) is 7.57. The van der Waals surface area contributed by atoms with Gasteiger partial charge in [-0.3, -0.25) is 14.4 Å². The fourth-order valence-electron chi connectivity index (χ4n) is 5.49. The van der Waals surface area contributed by atoms with Crippen LogP contribution >= 0.6 is 11.3 Å². The lowest BCUT2D eigenvalue weighted by Gasteiger charge is -2.38. The van der Waals surface area contributed by atoms with Crippen molar-refractivity contribution in [1.29, 1.82) is 0 Å². The molecule has 2 fully saturated rings. The van der Waals surface area contributed by atoms with E-state index in [0.29, 0.717) is 18.8 Å². The molecule has 2 saturated heterocycles. The van der Waals surface area contributed by atoms with Gasteiger partial charge in [0.25, 0.3) is 5.91 Å². The summed E-state index contributed by atoms with van der Waals surface area (Å²) in [6, 6.07) is 6.46. The number of piperidine rings is 1. The number of aromatic nitrogens is 1. The number of likely N-dealkylation sites (tertiary alicyclic amines) is 2. The molecular formula is C25H28B2N5O4S. The largest absolute Gasteiger partial charge is 0.391 e. The molecule has 3 amide bonds. The van der Waals surface area contributed by atoms with Gasteiger partial charge in [-0.15, -0.1) is 11.3 Å². The van der Waals surface area contributed by atoms with E-state index in [1.54, 1.807) is 28.7 Å². The minimum absolute atomic E-state index is 0.114. The molecule has 4 atom stereocenters. The topological polar surface area (TPSA) is 115 Å². The Balaban J connectivity index is 1.40. The van der Waals surface area contributed by atoms with E-state index >= 15 is 0 Å². The maximum Gasteiger partial charge on any atom is 0.257 e. The highest BCUT2D eigenvalue weighted by molar-refractivity contribution is 7.13. The van der Waals surface area contributed by atoms with E-state index in [2.05, 4.69) is 10.3 Å². The molecule has 2 N–H and O–H groups in total. The van der Waals surface area contributed by atoms with Gasteiger partial charge in [0, 0.05) is 27.2 Å². The minimum atomic E-state index is -1.17. The Morgan fingerprint density at radius 1 is 1.24 bits per heavy atom. The summed E-state index contributed by atoms with van der Waals surface area (Å²) in [5, 5.41) is 13.4. The lowest BCUT2D eigenvalue weighted by Crippen LogP contribution is -2.56. The summed E-state index contributed by atoms with van der Waals surface area (Å²) in [7, 11) is 6.44. The smallest absolute Gasteiger partial charge is 0.257 e. The molecule has 0 saturated carbocycles. The molecule has 37 heavy (non-hydrogen) atoms. The van der Waals surface area contributed by atoms with E-state index in [1.807, 2.05) is 31.2 Å². The average molecular weight is 516 g/mol. The molecule has 189 valence electrons. The lowest BCUT2D eigenvalue weighted by molar-refractivity contribution is -0.137. The summed E-state index contributed by atoms with van der Waals surface area (Å²) >= 11 is 1.56. The first-order chi connectivity index (χ1) is 17.7. The minimum Gasteiger partial charge on any atom is -0.391 e. The number of amides is 3. The first-order valence-electron chi connectivity index (χ1n) is 12.5. The van der Waals surface area contributed by atoms with Crippen LogP contribution in [0.3, 0.4) is 0 Å². The average Bonchev–Trinajstić information content (AvgIpc) is 3.60. The number of thiazole rings is 1. The number of aryl methyl sites for hydroxylation is 1. The third-order valence-corrected chi connectivity index (χ3v) is 8.55. The molecular weight excluding hydrogens is 488 g/mol. The summed E-state index contributed by atoms with van der Waals surface area (Å²) in [5.74, 6) is -0.569. The van der Waals surface area contributed by atoms with Crippen LogP contribution in [-0.2, 0) is 15.1 Å². The zero-order valence-corrected chi connectivity index (χ0v) is 21.7. The van der Waals surface area contributed by atoms with Crippen molar-refractivity contribution in [2.45, 2.75) is 63.3 Å². The second-order valence-electron chi connectivity index (χ2n) is 9.97. The Labute approximate surface area is 222 Å². The Bertz CT molecular complexity index is 1250. The van der Waals surface area contributed by atoms with Gasteiger partial charge in [-0.05, 0) is 44.2 Å². The number of carbonyl (C=O) groups is 3. The molecule has 0 aliphatic carbocycles. The molecule has 0 bridgehead atoms. The normalized spacial score (nSPS) is 27.7. The van der Waals surface area contributed by atoms with Crippen LogP contribution in [0.25, 0.3) is 10.4 Å². The van der Waals surface area contributed by atoms with Gasteiger partial charge < -0.3 is 20.2 Å². The van der Waals surface area contributed by atoms with Gasteiger partial charge in [0.05, 0.1) is 28.2 Å². The van der Waals surface area contributed by atoms with Crippen LogP contribution < -0.4 is 5.32 Å². The number of benzene rings is 1. The molecule has 4 heterocycles. The fraction of sp³-hybridized carbons (Fsp3) is 0.480. The van der Waals surface area contributed by atoms with E-state index in [-0.39, 0.29) is 30.6 Å². The zero-order chi connectivity index (χ0) is 26.3. The Morgan fingerprint density at radius 2 is 2.00 bits per heavy atom. The number of hydrogen-bond acceptors (Lipinski definition) is 7. The number of nitrogens with zero attached hydrogens (tertiary/aromatic N) is 4. The highest BCUT2D eigenvalue weighted by Crippen LogP contribution is 2.35. The van der Waals surface area contributed by atoms with Crippen LogP contribution in [0, 0.1) is 6.92 Å². The van der Waals surface area contributed by atoms with Crippen molar-refractivity contribution in [1.82, 2.24) is 20.1 Å². The third kappa shape index (κ3) is 4.61. The summed E-state index contributed by atoms with van der Waals surface area (Å²) in [5.41, 5.74) is 3.34. The molecule has 2 unspecified atom stereocenters. The first kappa shape index (κ1) is 25.7. The number of aliphatic hydroxyl groups is 1. The van der Waals surface area contributed by atoms with E-state index in [0.717, 1.165) is 41.7 Å². The van der Waals surface area contributed by atoms with Crippen molar-refractivity contribution in [2.75, 3.05) is 13.1 Å². The highest BCUT2D eigenvalue weighted by Gasteiger charge is 2.48. The predicted molar refractivity (Wildman–Crippen MR) is 143 cm³/mol. The Hall–Kier alpha value is -2.98. The van der Waals surface area contributed by atoms with Crippen molar-refractivity contribution in [3.8, 4) is 10.4 Å². The van der Waals surface area contributed by atoms with E-state index in [9.17, 15) is 19.5 Å². The van der Waals surface area contributed by atoms with Crippen LogP contribution in [0.2, 0.25) is 0 Å². The lowest BCUT2D eigenvalue weighted by atomic mass is 9.54. The van der Waals surface area contributed by atoms with Crippen LogP contribution in [0.4, 0.5) is 4.79 Å². The predicted octanol–water partition coefficient (Wildman–Crippen LogP) is 1.59. The summed E-state index contributed by atoms with van der Waals surface area (Å²) in [6.45, 7) is 4.28. The molecule has 3 radical (unpaired) electrons. The molecule has 12 heteroatoms. The van der Waals surface area contributed by atoms with Crippen LogP contribution in [0.1, 0.15) is 43.9 Å². The molecule has 2 aromatic rings. The number of hydrogen-bond donors (Lipinski definition) is 2. The van der Waals surface area contributed by atoms with Gasteiger partial charge in [0.15, 0.2) is 18.5 Å². The Kier molecular flexibility index (Phi) is 6.97. The molecule has 0 spiro atoms. The van der Waals surface area contributed by atoms with Gasteiger partial charge in [0.2, 0.25) is 5.91 Å². The number of carbonyl (C=O) groups excluding carboxylic acids is 3. The van der Waals surface area contributed by atoms with Crippen molar-refractivity contribution in [2.24, 2.45) is 4.99 Å². The molecule has 9 nitrogen and oxygen atoms in total. The molecule has 3 aliphatic rings. The van der Waals surface area contributed by atoms with Crippen LogP contribution in [0.5, 0.6) is 0 Å². The van der Waals surface area contributed by atoms with Gasteiger partial charge in [-0.1, -0.05) is 24.3 Å². The fourth-order valence-corrected chi connectivity index (χ4v) is 6.30. The van der Waals surface area contributed by atoms with Gasteiger partial charge in [0.1, 0.15) is 11.9 Å². The second-order valence-corrected chi connectivity index (χ2v) is 10.8. The van der Waals surface area contributed by atoms with E-state index in [4.69, 9.17) is 12.7 Å². The van der Waals surface area contributed by atoms with Gasteiger partial charge in [-0.25, -0.2) is 9.98 Å². The second kappa shape index (κ2) is 10.1. The van der Waals surface area contributed by atoms with Crippen LogP contribution in [-0.4, -0.2) is 89.5 Å². The van der Waals surface area contributed by atoms with Gasteiger partial charge in [-0.2, -0.15) is 0 Å². The molecule has 3 aliphatic heterocycles. The maximum atomic E-state index is 13.6. The maximum absolute atomic E-state index is 13.6. The van der Waals surface area contributed by atoms with Crippen molar-refractivity contribution >= 4 is 49.7 Å². The summed E-state index contributed by atoms with van der Waals surface area (Å²) < 4.78 is 0. The van der Waals surface area contributed by atoms with Gasteiger partial charge >= 0.3 is 0 Å². The molecule has 5 rings (SSSR count). The molecule has 1 aromatic heterocycles. The number of aliphatic hydroxyl groups excluding tert-OH is 1.